The SMILES string of the molecule is Cc1nc(CNC(=O)[C@H](N)CC(C)C)cs1. The molecule has 1 amide bonds. The van der Waals surface area contributed by atoms with E-state index in [0.29, 0.717) is 18.9 Å². The molecule has 0 fully saturated rings. The van der Waals surface area contributed by atoms with Crippen molar-refractivity contribution >= 4 is 17.2 Å². The van der Waals surface area contributed by atoms with Gasteiger partial charge in [-0.05, 0) is 19.3 Å². The number of aryl methyl sites for hydroxylation is 1. The van der Waals surface area contributed by atoms with Gasteiger partial charge < -0.3 is 11.1 Å². The molecular formula is C11H19N3OS. The normalized spacial score (nSPS) is 12.8. The molecule has 0 aliphatic rings. The van der Waals surface area contributed by atoms with Gasteiger partial charge in [-0.25, -0.2) is 4.98 Å². The number of amides is 1. The second-order valence-corrected chi connectivity index (χ2v) is 5.37. The Morgan fingerprint density at radius 2 is 2.31 bits per heavy atom. The zero-order valence-corrected chi connectivity index (χ0v) is 10.8. The Hall–Kier alpha value is -0.940. The first-order valence-electron chi connectivity index (χ1n) is 5.43. The second-order valence-electron chi connectivity index (χ2n) is 4.31. The number of aromatic nitrogens is 1. The molecule has 0 aromatic carbocycles. The molecule has 1 atom stereocenters. The van der Waals surface area contributed by atoms with Gasteiger partial charge in [0.25, 0.3) is 0 Å². The Morgan fingerprint density at radius 3 is 2.81 bits per heavy atom. The van der Waals surface area contributed by atoms with Crippen LogP contribution in [0.3, 0.4) is 0 Å². The number of nitrogens with two attached hydrogens (primary N) is 1. The molecule has 4 nitrogen and oxygen atoms in total. The van der Waals surface area contributed by atoms with Crippen LogP contribution in [0.25, 0.3) is 0 Å². The predicted octanol–water partition coefficient (Wildman–Crippen LogP) is 1.44. The van der Waals surface area contributed by atoms with Crippen molar-refractivity contribution in [1.82, 2.24) is 10.3 Å². The van der Waals surface area contributed by atoms with Gasteiger partial charge in [0.15, 0.2) is 0 Å². The topological polar surface area (TPSA) is 68.0 Å². The number of rotatable bonds is 5. The summed E-state index contributed by atoms with van der Waals surface area (Å²) < 4.78 is 0. The van der Waals surface area contributed by atoms with Crippen molar-refractivity contribution in [3.05, 3.63) is 16.1 Å². The second kappa shape index (κ2) is 5.96. The number of carbonyl (C=O) groups excluding carboxylic acids is 1. The van der Waals surface area contributed by atoms with Gasteiger partial charge >= 0.3 is 0 Å². The fourth-order valence-corrected chi connectivity index (χ4v) is 2.03. The lowest BCUT2D eigenvalue weighted by Crippen LogP contribution is -2.41. The lowest BCUT2D eigenvalue weighted by atomic mass is 10.0. The highest BCUT2D eigenvalue weighted by Crippen LogP contribution is 2.07. The maximum absolute atomic E-state index is 11.6. The van der Waals surface area contributed by atoms with Crippen LogP contribution in [0, 0.1) is 12.8 Å². The van der Waals surface area contributed by atoms with Gasteiger partial charge in [-0.1, -0.05) is 13.8 Å². The smallest absolute Gasteiger partial charge is 0.237 e. The molecule has 0 unspecified atom stereocenters. The molecule has 0 spiro atoms. The average molecular weight is 241 g/mol. The van der Waals surface area contributed by atoms with Crippen molar-refractivity contribution in [2.45, 2.75) is 39.8 Å². The van der Waals surface area contributed by atoms with E-state index in [0.717, 1.165) is 10.7 Å². The zero-order valence-electron chi connectivity index (χ0n) is 9.99. The van der Waals surface area contributed by atoms with Crippen molar-refractivity contribution < 1.29 is 4.79 Å². The highest BCUT2D eigenvalue weighted by molar-refractivity contribution is 7.09. The molecular weight excluding hydrogens is 222 g/mol. The summed E-state index contributed by atoms with van der Waals surface area (Å²) >= 11 is 1.58. The van der Waals surface area contributed by atoms with Crippen LogP contribution in [0.4, 0.5) is 0 Å². The third-order valence-electron chi connectivity index (χ3n) is 2.17. The summed E-state index contributed by atoms with van der Waals surface area (Å²) in [5.41, 5.74) is 6.65. The van der Waals surface area contributed by atoms with E-state index in [1.54, 1.807) is 11.3 Å². The van der Waals surface area contributed by atoms with Crippen LogP contribution >= 0.6 is 11.3 Å². The monoisotopic (exact) mass is 241 g/mol. The van der Waals surface area contributed by atoms with Crippen molar-refractivity contribution in [2.24, 2.45) is 11.7 Å². The van der Waals surface area contributed by atoms with Crippen LogP contribution in [-0.4, -0.2) is 16.9 Å². The first-order valence-corrected chi connectivity index (χ1v) is 6.31. The first kappa shape index (κ1) is 13.1. The number of hydrogen-bond donors (Lipinski definition) is 2. The van der Waals surface area contributed by atoms with Gasteiger partial charge in [0.2, 0.25) is 5.91 Å². The van der Waals surface area contributed by atoms with Crippen molar-refractivity contribution in [3.63, 3.8) is 0 Å². The summed E-state index contributed by atoms with van der Waals surface area (Å²) in [5, 5.41) is 5.76. The maximum atomic E-state index is 11.6. The number of nitrogens with one attached hydrogen (secondary N) is 1. The molecule has 1 aromatic heterocycles. The molecule has 0 saturated carbocycles. The summed E-state index contributed by atoms with van der Waals surface area (Å²) in [6.07, 6.45) is 0.710. The lowest BCUT2D eigenvalue weighted by Gasteiger charge is -2.13. The zero-order chi connectivity index (χ0) is 12.1. The number of thiazole rings is 1. The first-order chi connectivity index (χ1) is 7.49. The predicted molar refractivity (Wildman–Crippen MR) is 66.1 cm³/mol. The summed E-state index contributed by atoms with van der Waals surface area (Å²) in [4.78, 5) is 15.9. The number of carbonyl (C=O) groups is 1. The maximum Gasteiger partial charge on any atom is 0.237 e. The van der Waals surface area contributed by atoms with Gasteiger partial charge in [0, 0.05) is 5.38 Å². The van der Waals surface area contributed by atoms with Crippen molar-refractivity contribution in [1.29, 1.82) is 0 Å². The fraction of sp³-hybridized carbons (Fsp3) is 0.636. The summed E-state index contributed by atoms with van der Waals surface area (Å²) in [5.74, 6) is 0.335. The highest BCUT2D eigenvalue weighted by Gasteiger charge is 2.14. The summed E-state index contributed by atoms with van der Waals surface area (Å²) in [6, 6.07) is -0.417. The third-order valence-corrected chi connectivity index (χ3v) is 2.99. The van der Waals surface area contributed by atoms with E-state index in [9.17, 15) is 4.79 Å². The van der Waals surface area contributed by atoms with Gasteiger partial charge in [0.05, 0.1) is 23.3 Å². The minimum Gasteiger partial charge on any atom is -0.349 e. The lowest BCUT2D eigenvalue weighted by molar-refractivity contribution is -0.122. The van der Waals surface area contributed by atoms with E-state index in [1.807, 2.05) is 12.3 Å². The van der Waals surface area contributed by atoms with E-state index in [2.05, 4.69) is 24.1 Å². The van der Waals surface area contributed by atoms with Crippen LogP contribution < -0.4 is 11.1 Å². The Balaban J connectivity index is 2.35. The molecule has 5 heteroatoms. The summed E-state index contributed by atoms with van der Waals surface area (Å²) in [6.45, 7) is 6.52. The minimum absolute atomic E-state index is 0.0978. The summed E-state index contributed by atoms with van der Waals surface area (Å²) in [7, 11) is 0. The molecule has 16 heavy (non-hydrogen) atoms. The van der Waals surface area contributed by atoms with Crippen molar-refractivity contribution in [2.75, 3.05) is 0 Å². The van der Waals surface area contributed by atoms with E-state index in [-0.39, 0.29) is 5.91 Å². The van der Waals surface area contributed by atoms with E-state index in [4.69, 9.17) is 5.73 Å². The quantitative estimate of drug-likeness (QED) is 0.819. The molecule has 3 N–H and O–H groups in total. The van der Waals surface area contributed by atoms with Crippen LogP contribution in [-0.2, 0) is 11.3 Å². The van der Waals surface area contributed by atoms with Crippen LogP contribution in [0.5, 0.6) is 0 Å². The van der Waals surface area contributed by atoms with Crippen molar-refractivity contribution in [3.8, 4) is 0 Å². The minimum atomic E-state index is -0.417. The van der Waals surface area contributed by atoms with E-state index < -0.39 is 6.04 Å². The molecule has 1 aromatic rings. The average Bonchev–Trinajstić information content (AvgIpc) is 2.59. The third kappa shape index (κ3) is 4.28. The van der Waals surface area contributed by atoms with Crippen LogP contribution in [0.1, 0.15) is 31.0 Å². The molecule has 0 bridgehead atoms. The van der Waals surface area contributed by atoms with Gasteiger partial charge in [-0.3, -0.25) is 4.79 Å². The van der Waals surface area contributed by atoms with Gasteiger partial charge in [0.1, 0.15) is 0 Å². The standard InChI is InChI=1S/C11H19N3OS/c1-7(2)4-10(12)11(15)13-5-9-6-16-8(3)14-9/h6-7,10H,4-5,12H2,1-3H3,(H,13,15)/t10-/m1/s1. The Labute approximate surface area is 100 Å². The fourth-order valence-electron chi connectivity index (χ4n) is 1.41. The highest BCUT2D eigenvalue weighted by atomic mass is 32.1. The molecule has 0 radical (unpaired) electrons. The van der Waals surface area contributed by atoms with Gasteiger partial charge in [-0.2, -0.15) is 0 Å². The molecule has 90 valence electrons. The number of hydrogen-bond acceptors (Lipinski definition) is 4. The van der Waals surface area contributed by atoms with Crippen LogP contribution in [0.2, 0.25) is 0 Å². The number of nitrogens with zero attached hydrogens (tertiary/aromatic N) is 1. The molecule has 1 rings (SSSR count). The molecule has 0 aliphatic carbocycles. The van der Waals surface area contributed by atoms with Gasteiger partial charge in [-0.15, -0.1) is 11.3 Å². The Bertz CT molecular complexity index is 349. The largest absolute Gasteiger partial charge is 0.349 e. The molecule has 0 saturated heterocycles. The van der Waals surface area contributed by atoms with E-state index in [1.165, 1.54) is 0 Å². The van der Waals surface area contributed by atoms with E-state index >= 15 is 0 Å². The molecule has 0 aliphatic heterocycles. The molecule has 1 heterocycles. The Morgan fingerprint density at radius 1 is 1.62 bits per heavy atom. The Kier molecular flexibility index (Phi) is 4.89. The van der Waals surface area contributed by atoms with Crippen LogP contribution in [0.15, 0.2) is 5.38 Å².